The van der Waals surface area contributed by atoms with E-state index in [4.69, 9.17) is 4.74 Å². The second-order valence-corrected chi connectivity index (χ2v) is 6.44. The Bertz CT molecular complexity index is 980. The van der Waals surface area contributed by atoms with Gasteiger partial charge in [0.25, 0.3) is 5.91 Å². The molecule has 0 bridgehead atoms. The van der Waals surface area contributed by atoms with Gasteiger partial charge in [-0.25, -0.2) is 4.39 Å². The second-order valence-electron chi connectivity index (χ2n) is 6.44. The van der Waals surface area contributed by atoms with E-state index in [-0.39, 0.29) is 18.3 Å². The normalized spacial score (nSPS) is 10.8. The topological polar surface area (TPSA) is 50.7 Å². The van der Waals surface area contributed by atoms with E-state index in [0.29, 0.717) is 11.4 Å². The first-order chi connectivity index (χ1) is 13.5. The molecule has 0 aliphatic heterocycles. The number of carbonyl (C=O) groups excluding carboxylic acids is 1. The van der Waals surface area contributed by atoms with Crippen molar-refractivity contribution < 1.29 is 13.9 Å². The quantitative estimate of drug-likeness (QED) is 0.600. The lowest BCUT2D eigenvalue weighted by atomic mass is 10.1. The van der Waals surface area contributed by atoms with Crippen molar-refractivity contribution in [3.05, 3.63) is 89.2 Å². The van der Waals surface area contributed by atoms with E-state index in [1.54, 1.807) is 18.3 Å². The fraction of sp³-hybridized carbons (Fsp3) is 0.130. The molecule has 0 saturated heterocycles. The Balaban J connectivity index is 1.52. The highest BCUT2D eigenvalue weighted by Gasteiger charge is 2.04. The lowest BCUT2D eigenvalue weighted by Gasteiger charge is -2.07. The molecule has 142 valence electrons. The van der Waals surface area contributed by atoms with Crippen LogP contribution in [0.1, 0.15) is 16.7 Å². The van der Waals surface area contributed by atoms with Gasteiger partial charge in [-0.05, 0) is 91.2 Å². The summed E-state index contributed by atoms with van der Waals surface area (Å²) in [5, 5.41) is 2.65. The molecule has 0 unspecified atom stereocenters. The average molecular weight is 376 g/mol. The molecule has 1 N–H and O–H groups in total. The highest BCUT2D eigenvalue weighted by atomic mass is 19.1. The third kappa shape index (κ3) is 5.51. The van der Waals surface area contributed by atoms with Gasteiger partial charge in [0.15, 0.2) is 6.61 Å². The van der Waals surface area contributed by atoms with E-state index in [0.717, 1.165) is 11.3 Å². The third-order valence-corrected chi connectivity index (χ3v) is 4.23. The zero-order valence-electron chi connectivity index (χ0n) is 15.8. The van der Waals surface area contributed by atoms with Crippen LogP contribution >= 0.6 is 0 Å². The Hall–Kier alpha value is -3.47. The van der Waals surface area contributed by atoms with E-state index in [2.05, 4.69) is 30.2 Å². The Morgan fingerprint density at radius 2 is 1.71 bits per heavy atom. The Morgan fingerprint density at radius 1 is 1.00 bits per heavy atom. The predicted molar refractivity (Wildman–Crippen MR) is 110 cm³/mol. The SMILES string of the molecule is Cc1ccc(N=Cc2ccc(OCC(=O)Nc3ccc(F)cc3)cc2)cc1C. The standard InChI is InChI=1S/C23H21FN2O2/c1-16-3-8-21(13-17(16)2)25-14-18-4-11-22(12-5-18)28-15-23(27)26-20-9-6-19(24)7-10-20/h3-14H,15H2,1-2H3,(H,26,27). The lowest BCUT2D eigenvalue weighted by Crippen LogP contribution is -2.20. The molecule has 0 heterocycles. The fourth-order valence-corrected chi connectivity index (χ4v) is 2.48. The third-order valence-electron chi connectivity index (χ3n) is 4.23. The first-order valence-electron chi connectivity index (χ1n) is 8.89. The first kappa shape index (κ1) is 19.3. The molecule has 1 amide bonds. The van der Waals surface area contributed by atoms with Crippen LogP contribution in [0.2, 0.25) is 0 Å². The van der Waals surface area contributed by atoms with Crippen molar-refractivity contribution in [1.82, 2.24) is 0 Å². The van der Waals surface area contributed by atoms with Crippen LogP contribution in [-0.4, -0.2) is 18.7 Å². The van der Waals surface area contributed by atoms with Gasteiger partial charge in [-0.3, -0.25) is 9.79 Å². The number of amides is 1. The number of nitrogens with zero attached hydrogens (tertiary/aromatic N) is 1. The van der Waals surface area contributed by atoms with Crippen LogP contribution in [0, 0.1) is 19.7 Å². The predicted octanol–water partition coefficient (Wildman–Crippen LogP) is 5.21. The zero-order chi connectivity index (χ0) is 19.9. The van der Waals surface area contributed by atoms with Crippen LogP contribution in [0.4, 0.5) is 15.8 Å². The lowest BCUT2D eigenvalue weighted by molar-refractivity contribution is -0.118. The van der Waals surface area contributed by atoms with E-state index in [1.165, 1.54) is 35.4 Å². The van der Waals surface area contributed by atoms with Crippen molar-refractivity contribution in [3.63, 3.8) is 0 Å². The zero-order valence-corrected chi connectivity index (χ0v) is 15.8. The van der Waals surface area contributed by atoms with Crippen molar-refractivity contribution >= 4 is 23.5 Å². The van der Waals surface area contributed by atoms with Gasteiger partial charge in [-0.15, -0.1) is 0 Å². The monoisotopic (exact) mass is 376 g/mol. The molecule has 0 atom stereocenters. The average Bonchev–Trinajstić information content (AvgIpc) is 2.70. The number of aliphatic imine (C=N–C) groups is 1. The number of rotatable bonds is 6. The van der Waals surface area contributed by atoms with Crippen LogP contribution in [0.15, 0.2) is 71.7 Å². The molecular weight excluding hydrogens is 355 g/mol. The number of hydrogen-bond acceptors (Lipinski definition) is 3. The number of carbonyl (C=O) groups is 1. The molecule has 0 radical (unpaired) electrons. The maximum absolute atomic E-state index is 12.9. The van der Waals surface area contributed by atoms with Gasteiger partial charge in [0.1, 0.15) is 11.6 Å². The van der Waals surface area contributed by atoms with Crippen molar-refractivity contribution in [1.29, 1.82) is 0 Å². The molecule has 0 aliphatic carbocycles. The molecule has 0 aliphatic rings. The van der Waals surface area contributed by atoms with Crippen LogP contribution in [0.25, 0.3) is 0 Å². The van der Waals surface area contributed by atoms with Gasteiger partial charge in [0.2, 0.25) is 0 Å². The van der Waals surface area contributed by atoms with E-state index >= 15 is 0 Å². The number of nitrogens with one attached hydrogen (secondary N) is 1. The van der Waals surface area contributed by atoms with Gasteiger partial charge >= 0.3 is 0 Å². The van der Waals surface area contributed by atoms with E-state index in [1.807, 2.05) is 24.3 Å². The summed E-state index contributed by atoms with van der Waals surface area (Å²) in [6.07, 6.45) is 1.79. The summed E-state index contributed by atoms with van der Waals surface area (Å²) in [6, 6.07) is 19.0. The van der Waals surface area contributed by atoms with E-state index in [9.17, 15) is 9.18 Å². The maximum Gasteiger partial charge on any atom is 0.262 e. The molecule has 0 spiro atoms. The molecule has 28 heavy (non-hydrogen) atoms. The molecule has 3 rings (SSSR count). The van der Waals surface area contributed by atoms with Gasteiger partial charge in [0, 0.05) is 11.9 Å². The minimum absolute atomic E-state index is 0.131. The number of benzene rings is 3. The molecule has 3 aromatic carbocycles. The van der Waals surface area contributed by atoms with Gasteiger partial charge in [-0.1, -0.05) is 6.07 Å². The Morgan fingerprint density at radius 3 is 2.39 bits per heavy atom. The van der Waals surface area contributed by atoms with Crippen LogP contribution in [0.3, 0.4) is 0 Å². The van der Waals surface area contributed by atoms with Crippen molar-refractivity contribution in [2.45, 2.75) is 13.8 Å². The highest BCUT2D eigenvalue weighted by Crippen LogP contribution is 2.18. The number of ether oxygens (including phenoxy) is 1. The molecular formula is C23H21FN2O2. The summed E-state index contributed by atoms with van der Waals surface area (Å²) in [5.74, 6) is -0.0834. The van der Waals surface area contributed by atoms with Gasteiger partial charge in [-0.2, -0.15) is 0 Å². The minimum Gasteiger partial charge on any atom is -0.484 e. The summed E-state index contributed by atoms with van der Waals surface area (Å²) in [7, 11) is 0. The molecule has 4 nitrogen and oxygen atoms in total. The number of anilines is 1. The van der Waals surface area contributed by atoms with Crippen molar-refractivity contribution in [2.24, 2.45) is 4.99 Å². The summed E-state index contributed by atoms with van der Waals surface area (Å²) in [5.41, 5.74) is 4.80. The maximum atomic E-state index is 12.9. The number of hydrogen-bond donors (Lipinski definition) is 1. The first-order valence-corrected chi connectivity index (χ1v) is 8.89. The molecule has 0 aromatic heterocycles. The van der Waals surface area contributed by atoms with Gasteiger partial charge in [0.05, 0.1) is 5.69 Å². The number of halogens is 1. The summed E-state index contributed by atoms with van der Waals surface area (Å²) < 4.78 is 18.3. The summed E-state index contributed by atoms with van der Waals surface area (Å²) in [6.45, 7) is 4.00. The van der Waals surface area contributed by atoms with Crippen molar-refractivity contribution in [2.75, 3.05) is 11.9 Å². The molecule has 0 fully saturated rings. The Kier molecular flexibility index (Phi) is 6.17. The van der Waals surface area contributed by atoms with Crippen LogP contribution in [0.5, 0.6) is 5.75 Å². The smallest absolute Gasteiger partial charge is 0.262 e. The summed E-state index contributed by atoms with van der Waals surface area (Å²) >= 11 is 0. The Labute approximate surface area is 163 Å². The van der Waals surface area contributed by atoms with Gasteiger partial charge < -0.3 is 10.1 Å². The second kappa shape index (κ2) is 8.95. The van der Waals surface area contributed by atoms with E-state index < -0.39 is 0 Å². The van der Waals surface area contributed by atoms with Crippen LogP contribution < -0.4 is 10.1 Å². The largest absolute Gasteiger partial charge is 0.484 e. The highest BCUT2D eigenvalue weighted by molar-refractivity contribution is 5.91. The molecule has 5 heteroatoms. The number of aryl methyl sites for hydroxylation is 2. The molecule has 3 aromatic rings. The summed E-state index contributed by atoms with van der Waals surface area (Å²) in [4.78, 5) is 16.4. The molecule has 0 saturated carbocycles. The van der Waals surface area contributed by atoms with Crippen LogP contribution in [-0.2, 0) is 4.79 Å². The minimum atomic E-state index is -0.351. The fourth-order valence-electron chi connectivity index (χ4n) is 2.48. The van der Waals surface area contributed by atoms with Crippen molar-refractivity contribution in [3.8, 4) is 5.75 Å².